The van der Waals surface area contributed by atoms with Crippen molar-refractivity contribution >= 4 is 17.8 Å². The highest BCUT2D eigenvalue weighted by atomic mass is 16.7. The predicted molar refractivity (Wildman–Crippen MR) is 105 cm³/mol. The van der Waals surface area contributed by atoms with Crippen molar-refractivity contribution in [3.8, 4) is 23.7 Å². The molecule has 9 heteroatoms. The van der Waals surface area contributed by atoms with Crippen molar-refractivity contribution in [1.29, 1.82) is 0 Å². The van der Waals surface area contributed by atoms with Crippen LogP contribution in [0.15, 0.2) is 40.8 Å². The first kappa shape index (κ1) is 22.2. The highest BCUT2D eigenvalue weighted by Crippen LogP contribution is 2.10. The summed E-state index contributed by atoms with van der Waals surface area (Å²) in [6, 6.07) is 7.94. The number of hydrogen-bond donors (Lipinski definition) is 3. The van der Waals surface area contributed by atoms with Gasteiger partial charge in [0.1, 0.15) is 12.4 Å². The third-order valence-electron chi connectivity index (χ3n) is 3.95. The molecule has 1 aromatic heterocycles. The lowest BCUT2D eigenvalue weighted by atomic mass is 10.1. The molecule has 30 heavy (non-hydrogen) atoms. The van der Waals surface area contributed by atoms with Gasteiger partial charge in [0.2, 0.25) is 6.04 Å². The van der Waals surface area contributed by atoms with Gasteiger partial charge in [-0.3, -0.25) is 9.59 Å². The number of rotatable bonds is 5. The largest absolute Gasteiger partial charge is 0.450 e. The van der Waals surface area contributed by atoms with Gasteiger partial charge in [0.05, 0.1) is 0 Å². The second-order valence-electron chi connectivity index (χ2n) is 5.87. The Morgan fingerprint density at radius 2 is 1.83 bits per heavy atom. The Morgan fingerprint density at radius 3 is 2.40 bits per heavy atom. The molecule has 0 saturated carbocycles. The maximum Gasteiger partial charge on any atom is 0.357 e. The highest BCUT2D eigenvalue weighted by Gasteiger charge is 2.34. The zero-order valence-corrected chi connectivity index (χ0v) is 16.3. The van der Waals surface area contributed by atoms with E-state index in [1.807, 2.05) is 0 Å². The fourth-order valence-corrected chi connectivity index (χ4v) is 2.39. The zero-order valence-electron chi connectivity index (χ0n) is 16.3. The molecule has 0 aliphatic heterocycles. The molecule has 0 spiro atoms. The Balaban J connectivity index is 2.10. The van der Waals surface area contributed by atoms with E-state index in [4.69, 9.17) is 15.4 Å². The summed E-state index contributed by atoms with van der Waals surface area (Å²) >= 11 is 0. The van der Waals surface area contributed by atoms with Crippen LogP contribution in [-0.4, -0.2) is 47.9 Å². The number of aliphatic hydroxyl groups is 1. The molecule has 2 rings (SSSR count). The summed E-state index contributed by atoms with van der Waals surface area (Å²) in [5, 5.41) is 11.2. The molecule has 9 nitrogen and oxygen atoms in total. The van der Waals surface area contributed by atoms with Crippen LogP contribution in [0.5, 0.6) is 0 Å². The normalized spacial score (nSPS) is 10.5. The minimum absolute atomic E-state index is 0.203. The first-order valence-electron chi connectivity index (χ1n) is 8.62. The van der Waals surface area contributed by atoms with Crippen LogP contribution in [-0.2, 0) is 21.0 Å². The van der Waals surface area contributed by atoms with E-state index in [0.717, 1.165) is 4.90 Å². The van der Waals surface area contributed by atoms with Crippen LogP contribution in [0.25, 0.3) is 0 Å². The van der Waals surface area contributed by atoms with Crippen LogP contribution in [0, 0.1) is 23.7 Å². The molecule has 2 amide bonds. The minimum Gasteiger partial charge on any atom is -0.450 e. The third kappa shape index (κ3) is 5.49. The van der Waals surface area contributed by atoms with Crippen LogP contribution in [0.4, 0.5) is 0 Å². The van der Waals surface area contributed by atoms with Crippen LogP contribution in [0.1, 0.15) is 27.4 Å². The van der Waals surface area contributed by atoms with E-state index in [1.165, 1.54) is 26.2 Å². The number of benzene rings is 1. The van der Waals surface area contributed by atoms with E-state index in [1.54, 1.807) is 24.3 Å². The lowest BCUT2D eigenvalue weighted by Gasteiger charge is -2.24. The Bertz CT molecular complexity index is 1030. The van der Waals surface area contributed by atoms with Crippen LogP contribution in [0.2, 0.25) is 0 Å². The molecule has 1 atom stereocenters. The summed E-state index contributed by atoms with van der Waals surface area (Å²) in [4.78, 5) is 41.3. The predicted octanol–water partition coefficient (Wildman–Crippen LogP) is -0.221. The van der Waals surface area contributed by atoms with Crippen LogP contribution < -0.4 is 11.2 Å². The number of nitrogens with one attached hydrogen (secondary N) is 1. The van der Waals surface area contributed by atoms with Gasteiger partial charge in [-0.25, -0.2) is 4.79 Å². The Kier molecular flexibility index (Phi) is 7.77. The van der Waals surface area contributed by atoms with E-state index in [2.05, 4.69) is 33.8 Å². The molecule has 0 saturated heterocycles. The molecular weight excluding hydrogens is 390 g/mol. The fourth-order valence-electron chi connectivity index (χ4n) is 2.39. The first-order valence-corrected chi connectivity index (χ1v) is 8.62. The molecule has 154 valence electrons. The number of carbonyl (C=O) groups excluding carboxylic acids is 3. The second kappa shape index (κ2) is 10.5. The number of amides is 2. The van der Waals surface area contributed by atoms with Gasteiger partial charge >= 0.3 is 5.97 Å². The average molecular weight is 409 g/mol. The topological polar surface area (TPSA) is 135 Å². The number of hydrogen-bond acceptors (Lipinski definition) is 7. The molecule has 1 heterocycles. The summed E-state index contributed by atoms with van der Waals surface area (Å²) in [6.45, 7) is -0.203. The van der Waals surface area contributed by atoms with Crippen LogP contribution >= 0.6 is 0 Å². The van der Waals surface area contributed by atoms with Gasteiger partial charge in [0, 0.05) is 25.2 Å². The van der Waals surface area contributed by atoms with E-state index < -0.39 is 23.8 Å². The van der Waals surface area contributed by atoms with E-state index in [0.29, 0.717) is 17.1 Å². The van der Waals surface area contributed by atoms with Gasteiger partial charge in [-0.2, -0.15) is 5.90 Å². The summed E-state index contributed by atoms with van der Waals surface area (Å²) in [5.74, 6) is 14.1. The highest BCUT2D eigenvalue weighted by molar-refractivity contribution is 6.07. The number of aliphatic hydroxyl groups excluding tert-OH is 1. The fraction of sp³-hybridized carbons (Fsp3) is 0.190. The minimum atomic E-state index is -1.52. The smallest absolute Gasteiger partial charge is 0.357 e. The van der Waals surface area contributed by atoms with Gasteiger partial charge in [-0.1, -0.05) is 5.92 Å². The van der Waals surface area contributed by atoms with E-state index in [-0.39, 0.29) is 12.2 Å². The van der Waals surface area contributed by atoms with Crippen LogP contribution in [0.3, 0.4) is 0 Å². The molecule has 1 unspecified atom stereocenters. The molecule has 0 bridgehead atoms. The Hall–Kier alpha value is -4.05. The molecule has 2 aromatic rings. The average Bonchev–Trinajstić information content (AvgIpc) is 3.24. The van der Waals surface area contributed by atoms with Gasteiger partial charge < -0.3 is 24.6 Å². The SMILES string of the molecule is CNC(=O)C(C(=O)ON)N(C)C(=O)c1ccc(C#CC#Cc2ccc(CO)o2)cc1. The van der Waals surface area contributed by atoms with Gasteiger partial charge in [-0.15, -0.1) is 0 Å². The van der Waals surface area contributed by atoms with Gasteiger partial charge in [0.25, 0.3) is 11.8 Å². The van der Waals surface area contributed by atoms with Crippen molar-refractivity contribution < 1.29 is 28.7 Å². The van der Waals surface area contributed by atoms with Gasteiger partial charge in [-0.05, 0) is 54.2 Å². The molecule has 0 aliphatic carbocycles. The second-order valence-corrected chi connectivity index (χ2v) is 5.87. The van der Waals surface area contributed by atoms with Crippen molar-refractivity contribution in [2.45, 2.75) is 12.6 Å². The van der Waals surface area contributed by atoms with Crippen molar-refractivity contribution in [3.05, 3.63) is 59.0 Å². The number of carbonyl (C=O) groups is 3. The lowest BCUT2D eigenvalue weighted by Crippen LogP contribution is -2.52. The molecule has 4 N–H and O–H groups in total. The number of furan rings is 1. The molecular formula is C21H19N3O6. The van der Waals surface area contributed by atoms with E-state index >= 15 is 0 Å². The quantitative estimate of drug-likeness (QED) is 0.353. The number of likely N-dealkylation sites (N-methyl/N-ethyl adjacent to an activating group) is 2. The molecule has 1 aromatic carbocycles. The summed E-state index contributed by atoms with van der Waals surface area (Å²) in [5.41, 5.74) is 0.836. The van der Waals surface area contributed by atoms with Crippen molar-refractivity contribution in [2.75, 3.05) is 14.1 Å². The third-order valence-corrected chi connectivity index (χ3v) is 3.95. The molecule has 0 aliphatic rings. The summed E-state index contributed by atoms with van der Waals surface area (Å²) in [7, 11) is 2.62. The van der Waals surface area contributed by atoms with Crippen molar-refractivity contribution in [1.82, 2.24) is 10.2 Å². The van der Waals surface area contributed by atoms with Gasteiger partial charge in [0.15, 0.2) is 5.76 Å². The molecule has 0 fully saturated rings. The molecule has 0 radical (unpaired) electrons. The zero-order chi connectivity index (χ0) is 22.1. The summed E-state index contributed by atoms with van der Waals surface area (Å²) < 4.78 is 5.22. The maximum atomic E-state index is 12.6. The maximum absolute atomic E-state index is 12.6. The monoisotopic (exact) mass is 409 g/mol. The van der Waals surface area contributed by atoms with Crippen molar-refractivity contribution in [2.24, 2.45) is 5.90 Å². The first-order chi connectivity index (χ1) is 14.4. The standard InChI is InChI=1S/C21H19N3O6/c1-23-19(26)18(21(28)30-22)24(2)20(27)15-9-7-14(8-10-15)5-3-4-6-16-11-12-17(13-25)29-16/h7-12,18,25H,13,22H2,1-2H3,(H,23,26). The number of nitrogens with zero attached hydrogens (tertiary/aromatic N) is 1. The number of nitrogens with two attached hydrogens (primary N) is 1. The summed E-state index contributed by atoms with van der Waals surface area (Å²) in [6.07, 6.45) is 0. The lowest BCUT2D eigenvalue weighted by molar-refractivity contribution is -0.153. The van der Waals surface area contributed by atoms with E-state index in [9.17, 15) is 14.4 Å². The Labute approximate surface area is 172 Å². The Morgan fingerprint density at radius 1 is 1.17 bits per heavy atom. The van der Waals surface area contributed by atoms with Crippen molar-refractivity contribution in [3.63, 3.8) is 0 Å².